The molecule has 0 aliphatic rings. The minimum Gasteiger partial charge on any atom is -0.477 e. The summed E-state index contributed by atoms with van der Waals surface area (Å²) in [6, 6.07) is 19.1. The van der Waals surface area contributed by atoms with Crippen LogP contribution < -0.4 is 5.32 Å². The second-order valence-electron chi connectivity index (χ2n) is 6.35. The lowest BCUT2D eigenvalue weighted by molar-refractivity contribution is -0.133. The van der Waals surface area contributed by atoms with Crippen LogP contribution in [0.1, 0.15) is 18.1 Å². The first kappa shape index (κ1) is 21.3. The Bertz CT molecular complexity index is 730. The van der Waals surface area contributed by atoms with Crippen molar-refractivity contribution >= 4 is 12.2 Å². The van der Waals surface area contributed by atoms with Crippen molar-refractivity contribution in [2.45, 2.75) is 26.2 Å². The van der Waals surface area contributed by atoms with E-state index in [9.17, 15) is 9.90 Å². The number of nitrogens with one attached hydrogen (secondary N) is 2. The van der Waals surface area contributed by atoms with E-state index in [1.807, 2.05) is 60.7 Å². The zero-order valence-electron chi connectivity index (χ0n) is 15.9. The minimum absolute atomic E-state index is 0.0216. The van der Waals surface area contributed by atoms with Gasteiger partial charge in [0.2, 0.25) is 0 Å². The van der Waals surface area contributed by atoms with Gasteiger partial charge in [0, 0.05) is 6.21 Å². The highest BCUT2D eigenvalue weighted by Crippen LogP contribution is 2.06. The Labute approximate surface area is 165 Å². The molecule has 0 aliphatic carbocycles. The average Bonchev–Trinajstić information content (AvgIpc) is 2.72. The van der Waals surface area contributed by atoms with Crippen LogP contribution in [-0.4, -0.2) is 36.5 Å². The van der Waals surface area contributed by atoms with Crippen LogP contribution in [0.3, 0.4) is 0 Å². The molecule has 6 nitrogen and oxygen atoms in total. The lowest BCUT2D eigenvalue weighted by Gasteiger charge is -2.21. The third-order valence-corrected chi connectivity index (χ3v) is 4.03. The molecule has 0 radical (unpaired) electrons. The summed E-state index contributed by atoms with van der Waals surface area (Å²) in [5.74, 6) is -1.11. The second-order valence-corrected chi connectivity index (χ2v) is 6.35. The van der Waals surface area contributed by atoms with Crippen LogP contribution in [0.15, 0.2) is 71.9 Å². The Balaban J connectivity index is 1.97. The van der Waals surface area contributed by atoms with Crippen LogP contribution in [0.2, 0.25) is 0 Å². The predicted octanol–water partition coefficient (Wildman–Crippen LogP) is 3.39. The minimum atomic E-state index is -1.11. The Morgan fingerprint density at radius 2 is 1.46 bits per heavy atom. The zero-order chi connectivity index (χ0) is 20.2. The molecule has 0 saturated carbocycles. The standard InChI is InChI=1S/C22H26N2O4/c1-17(12-23)21(22(25)26)24-20(15-27-13-18-8-4-2-5-9-18)16-28-14-19-10-6-3-7-11-19/h2-12,20,23-24H,13-16H2,1H3,(H,25,26)/b21-17-,23-12?. The Hall–Kier alpha value is -2.96. The molecular formula is C22H26N2O4. The van der Waals surface area contributed by atoms with Gasteiger partial charge in [-0.15, -0.1) is 0 Å². The highest BCUT2D eigenvalue weighted by Gasteiger charge is 2.17. The topological polar surface area (TPSA) is 91.6 Å². The number of allylic oxidation sites excluding steroid dienone is 1. The number of carbonyl (C=O) groups is 1. The van der Waals surface area contributed by atoms with Gasteiger partial charge in [0.25, 0.3) is 0 Å². The first-order chi connectivity index (χ1) is 13.6. The monoisotopic (exact) mass is 382 g/mol. The Kier molecular flexibility index (Phi) is 8.91. The molecule has 0 bridgehead atoms. The molecule has 2 aromatic carbocycles. The number of ether oxygens (including phenoxy) is 2. The van der Waals surface area contributed by atoms with Crippen molar-refractivity contribution in [2.75, 3.05) is 13.2 Å². The molecule has 0 aromatic heterocycles. The van der Waals surface area contributed by atoms with E-state index < -0.39 is 5.97 Å². The van der Waals surface area contributed by atoms with E-state index in [0.29, 0.717) is 18.8 Å². The van der Waals surface area contributed by atoms with Crippen molar-refractivity contribution in [3.63, 3.8) is 0 Å². The fourth-order valence-electron chi connectivity index (χ4n) is 2.54. The van der Waals surface area contributed by atoms with Crippen LogP contribution >= 0.6 is 0 Å². The van der Waals surface area contributed by atoms with Gasteiger partial charge in [-0.25, -0.2) is 4.79 Å². The predicted molar refractivity (Wildman–Crippen MR) is 108 cm³/mol. The summed E-state index contributed by atoms with van der Waals surface area (Å²) in [6.07, 6.45) is 1.02. The molecular weight excluding hydrogens is 356 g/mol. The average molecular weight is 382 g/mol. The van der Waals surface area contributed by atoms with E-state index in [1.54, 1.807) is 6.92 Å². The summed E-state index contributed by atoms with van der Waals surface area (Å²) in [7, 11) is 0. The number of hydrogen-bond acceptors (Lipinski definition) is 5. The summed E-state index contributed by atoms with van der Waals surface area (Å²) < 4.78 is 11.5. The number of aliphatic carboxylic acids is 1. The van der Waals surface area contributed by atoms with Crippen molar-refractivity contribution in [3.8, 4) is 0 Å². The van der Waals surface area contributed by atoms with Gasteiger partial charge < -0.3 is 25.3 Å². The van der Waals surface area contributed by atoms with Crippen LogP contribution in [-0.2, 0) is 27.5 Å². The molecule has 0 saturated heterocycles. The van der Waals surface area contributed by atoms with E-state index in [2.05, 4.69) is 5.32 Å². The van der Waals surface area contributed by atoms with Crippen LogP contribution in [0.4, 0.5) is 0 Å². The van der Waals surface area contributed by atoms with Gasteiger partial charge in [0.15, 0.2) is 0 Å². The third-order valence-electron chi connectivity index (χ3n) is 4.03. The van der Waals surface area contributed by atoms with Crippen LogP contribution in [0, 0.1) is 5.41 Å². The van der Waals surface area contributed by atoms with Gasteiger partial charge in [0.05, 0.1) is 32.5 Å². The molecule has 28 heavy (non-hydrogen) atoms. The van der Waals surface area contributed by atoms with Crippen molar-refractivity contribution in [1.82, 2.24) is 5.32 Å². The number of carboxylic acids is 1. The normalized spacial score (nSPS) is 11.8. The Morgan fingerprint density at radius 3 is 1.86 bits per heavy atom. The van der Waals surface area contributed by atoms with Crippen molar-refractivity contribution < 1.29 is 19.4 Å². The van der Waals surface area contributed by atoms with E-state index in [-0.39, 0.29) is 25.0 Å². The maximum absolute atomic E-state index is 11.5. The van der Waals surface area contributed by atoms with Crippen LogP contribution in [0.25, 0.3) is 0 Å². The molecule has 6 heteroatoms. The SMILES string of the molecule is C/C(C=N)=C(/NC(COCc1ccccc1)COCc1ccccc1)C(=O)O. The number of rotatable bonds is 12. The molecule has 2 rings (SSSR count). The largest absolute Gasteiger partial charge is 0.477 e. The Morgan fingerprint density at radius 1 is 1.00 bits per heavy atom. The van der Waals surface area contributed by atoms with Crippen molar-refractivity contribution in [3.05, 3.63) is 83.1 Å². The van der Waals surface area contributed by atoms with E-state index >= 15 is 0 Å². The molecule has 0 spiro atoms. The fraction of sp³-hybridized carbons (Fsp3) is 0.273. The fourth-order valence-corrected chi connectivity index (χ4v) is 2.54. The first-order valence-electron chi connectivity index (χ1n) is 9.04. The lowest BCUT2D eigenvalue weighted by Crippen LogP contribution is -2.39. The molecule has 0 atom stereocenters. The number of benzene rings is 2. The van der Waals surface area contributed by atoms with Gasteiger partial charge >= 0.3 is 5.97 Å². The molecule has 148 valence electrons. The van der Waals surface area contributed by atoms with Crippen molar-refractivity contribution in [2.24, 2.45) is 0 Å². The number of hydrogen-bond donors (Lipinski definition) is 3. The molecule has 0 fully saturated rings. The summed E-state index contributed by atoms with van der Waals surface area (Å²) in [5.41, 5.74) is 2.39. The van der Waals surface area contributed by atoms with Gasteiger partial charge in [-0.05, 0) is 23.6 Å². The molecule has 2 aromatic rings. The van der Waals surface area contributed by atoms with E-state index in [0.717, 1.165) is 17.3 Å². The molecule has 0 amide bonds. The van der Waals surface area contributed by atoms with Gasteiger partial charge in [0.1, 0.15) is 5.70 Å². The summed E-state index contributed by atoms with van der Waals surface area (Å²) in [5, 5.41) is 19.7. The van der Waals surface area contributed by atoms with Gasteiger partial charge in [-0.2, -0.15) is 0 Å². The highest BCUT2D eigenvalue weighted by atomic mass is 16.5. The summed E-state index contributed by atoms with van der Waals surface area (Å²) in [4.78, 5) is 11.5. The van der Waals surface area contributed by atoms with E-state index in [4.69, 9.17) is 14.9 Å². The third kappa shape index (κ3) is 7.34. The first-order valence-corrected chi connectivity index (χ1v) is 9.04. The zero-order valence-corrected chi connectivity index (χ0v) is 15.9. The van der Waals surface area contributed by atoms with E-state index in [1.165, 1.54) is 0 Å². The summed E-state index contributed by atoms with van der Waals surface area (Å²) >= 11 is 0. The molecule has 0 aliphatic heterocycles. The quantitative estimate of drug-likeness (QED) is 0.387. The second kappa shape index (κ2) is 11.7. The maximum atomic E-state index is 11.5. The lowest BCUT2D eigenvalue weighted by atomic mass is 10.2. The maximum Gasteiger partial charge on any atom is 0.352 e. The van der Waals surface area contributed by atoms with Gasteiger partial charge in [-0.1, -0.05) is 60.7 Å². The summed E-state index contributed by atoms with van der Waals surface area (Å²) in [6.45, 7) is 2.97. The smallest absolute Gasteiger partial charge is 0.352 e. The molecule has 0 heterocycles. The van der Waals surface area contributed by atoms with Gasteiger partial charge in [-0.3, -0.25) is 0 Å². The number of carboxylic acid groups (broad SMARTS) is 1. The highest BCUT2D eigenvalue weighted by molar-refractivity contribution is 5.93. The molecule has 0 unspecified atom stereocenters. The van der Waals surface area contributed by atoms with Crippen molar-refractivity contribution in [1.29, 1.82) is 5.41 Å². The molecule has 3 N–H and O–H groups in total. The van der Waals surface area contributed by atoms with Crippen LogP contribution in [0.5, 0.6) is 0 Å².